The molecule has 0 amide bonds. The van der Waals surface area contributed by atoms with E-state index in [-0.39, 0.29) is 5.79 Å². The highest BCUT2D eigenvalue weighted by Gasteiger charge is 2.39. The van der Waals surface area contributed by atoms with E-state index in [1.807, 2.05) is 24.3 Å². The lowest BCUT2D eigenvalue weighted by Gasteiger charge is -2.38. The summed E-state index contributed by atoms with van der Waals surface area (Å²) in [5, 5.41) is 18.3. The zero-order valence-corrected chi connectivity index (χ0v) is 21.7. The van der Waals surface area contributed by atoms with Gasteiger partial charge in [0.25, 0.3) is 0 Å². The van der Waals surface area contributed by atoms with Crippen LogP contribution in [0.1, 0.15) is 23.2 Å². The minimum Gasteiger partial charge on any atom is -0.371 e. The summed E-state index contributed by atoms with van der Waals surface area (Å²) in [6.45, 7) is 3.19. The normalized spacial score (nSPS) is 16.7. The maximum atomic E-state index is 12.6. The third kappa shape index (κ3) is 4.65. The number of fused-ring (bicyclic) bond motifs is 1. The standard InChI is InChI=1S/C28H24N6O4S/c35-27(38-34-24-4-2-1-3-23(24)29-32-34)21-7-5-19(6-8-21)25-30-31-26(39-25)20-9-11-22(12-10-20)33-15-13-28(14-16-33)36-17-18-37-28/h1-12H,13-18H2. The fraction of sp³-hybridized carbons (Fsp3) is 0.250. The quantitative estimate of drug-likeness (QED) is 0.303. The molecular weight excluding hydrogens is 516 g/mol. The van der Waals surface area contributed by atoms with Gasteiger partial charge in [-0.2, -0.15) is 0 Å². The lowest BCUT2D eigenvalue weighted by molar-refractivity contribution is -0.169. The molecule has 2 aromatic heterocycles. The van der Waals surface area contributed by atoms with Crippen LogP contribution in [0.4, 0.5) is 5.69 Å². The van der Waals surface area contributed by atoms with Crippen LogP contribution in [-0.4, -0.2) is 63.4 Å². The number of ether oxygens (including phenoxy) is 2. The second-order valence-electron chi connectivity index (χ2n) is 9.46. The van der Waals surface area contributed by atoms with Crippen molar-refractivity contribution in [2.24, 2.45) is 0 Å². The average Bonchev–Trinajstić information content (AvgIpc) is 3.75. The molecule has 0 saturated carbocycles. The van der Waals surface area contributed by atoms with E-state index < -0.39 is 5.97 Å². The zero-order valence-electron chi connectivity index (χ0n) is 20.9. The van der Waals surface area contributed by atoms with Crippen molar-refractivity contribution in [2.45, 2.75) is 18.6 Å². The van der Waals surface area contributed by atoms with Crippen molar-refractivity contribution >= 4 is 34.0 Å². The fourth-order valence-electron chi connectivity index (χ4n) is 4.96. The van der Waals surface area contributed by atoms with Crippen LogP contribution >= 0.6 is 11.3 Å². The van der Waals surface area contributed by atoms with Crippen LogP contribution in [0.15, 0.2) is 72.8 Å². The van der Waals surface area contributed by atoms with Gasteiger partial charge in [0.2, 0.25) is 0 Å². The van der Waals surface area contributed by atoms with Crippen LogP contribution in [0, 0.1) is 0 Å². The number of anilines is 1. The summed E-state index contributed by atoms with van der Waals surface area (Å²) in [6.07, 6.45) is 1.75. The molecule has 1 spiro atoms. The number of aromatic nitrogens is 5. The van der Waals surface area contributed by atoms with Crippen molar-refractivity contribution in [3.8, 4) is 21.1 Å². The summed E-state index contributed by atoms with van der Waals surface area (Å²) in [7, 11) is 0. The first kappa shape index (κ1) is 23.9. The van der Waals surface area contributed by atoms with Gasteiger partial charge in [0.05, 0.1) is 18.8 Å². The molecule has 11 heteroatoms. The molecule has 7 rings (SSSR count). The van der Waals surface area contributed by atoms with E-state index in [0.29, 0.717) is 29.8 Å². The molecule has 39 heavy (non-hydrogen) atoms. The summed E-state index contributed by atoms with van der Waals surface area (Å²) in [5.74, 6) is -0.897. The topological polar surface area (TPSA) is 104 Å². The van der Waals surface area contributed by atoms with Crippen molar-refractivity contribution in [1.29, 1.82) is 0 Å². The Kier molecular flexibility index (Phi) is 6.03. The molecule has 2 fully saturated rings. The molecule has 2 aliphatic heterocycles. The predicted molar refractivity (Wildman–Crippen MR) is 145 cm³/mol. The molecule has 5 aromatic rings. The van der Waals surface area contributed by atoms with Crippen LogP contribution in [0.2, 0.25) is 0 Å². The van der Waals surface area contributed by atoms with E-state index >= 15 is 0 Å². The van der Waals surface area contributed by atoms with Gasteiger partial charge < -0.3 is 19.2 Å². The summed E-state index contributed by atoms with van der Waals surface area (Å²) in [6, 6.07) is 22.8. The lowest BCUT2D eigenvalue weighted by Crippen LogP contribution is -2.45. The van der Waals surface area contributed by atoms with Gasteiger partial charge in [0, 0.05) is 42.7 Å². The molecule has 2 saturated heterocycles. The summed E-state index contributed by atoms with van der Waals surface area (Å²) in [5.41, 5.74) is 4.73. The number of nitrogens with zero attached hydrogens (tertiary/aromatic N) is 6. The Balaban J connectivity index is 1.01. The van der Waals surface area contributed by atoms with Gasteiger partial charge in [0.1, 0.15) is 21.0 Å². The highest BCUT2D eigenvalue weighted by molar-refractivity contribution is 7.17. The minimum absolute atomic E-state index is 0.371. The van der Waals surface area contributed by atoms with Crippen LogP contribution in [0.3, 0.4) is 0 Å². The minimum atomic E-state index is -0.526. The third-order valence-corrected chi connectivity index (χ3v) is 8.12. The van der Waals surface area contributed by atoms with Gasteiger partial charge in [-0.25, -0.2) is 4.79 Å². The number of benzene rings is 3. The van der Waals surface area contributed by atoms with Crippen molar-refractivity contribution < 1.29 is 19.1 Å². The van der Waals surface area contributed by atoms with Crippen molar-refractivity contribution in [2.75, 3.05) is 31.2 Å². The second kappa shape index (κ2) is 9.84. The number of piperidine rings is 1. The molecule has 0 atom stereocenters. The predicted octanol–water partition coefficient (Wildman–Crippen LogP) is 4.23. The Bertz CT molecular complexity index is 1620. The average molecular weight is 541 g/mol. The van der Waals surface area contributed by atoms with Crippen LogP contribution in [0.25, 0.3) is 32.2 Å². The smallest absolute Gasteiger partial charge is 0.365 e. The Morgan fingerprint density at radius 3 is 2.15 bits per heavy atom. The van der Waals surface area contributed by atoms with E-state index in [9.17, 15) is 4.79 Å². The highest BCUT2D eigenvalue weighted by Crippen LogP contribution is 2.35. The molecule has 0 N–H and O–H groups in total. The first-order valence-electron chi connectivity index (χ1n) is 12.8. The zero-order chi connectivity index (χ0) is 26.2. The second-order valence-corrected chi connectivity index (χ2v) is 10.4. The van der Waals surface area contributed by atoms with Gasteiger partial charge in [-0.1, -0.05) is 40.4 Å². The molecular formula is C28H24N6O4S. The van der Waals surface area contributed by atoms with E-state index in [1.165, 1.54) is 17.0 Å². The van der Waals surface area contributed by atoms with Gasteiger partial charge in [0.15, 0.2) is 5.79 Å². The number of carbonyl (C=O) groups is 1. The van der Waals surface area contributed by atoms with Crippen molar-refractivity contribution in [1.82, 2.24) is 25.4 Å². The Labute approximate surface area is 227 Å². The summed E-state index contributed by atoms with van der Waals surface area (Å²) >= 11 is 1.51. The van der Waals surface area contributed by atoms with Crippen molar-refractivity contribution in [3.05, 3.63) is 78.4 Å². The molecule has 4 heterocycles. The number of carbonyl (C=O) groups excluding carboxylic acids is 1. The first-order chi connectivity index (χ1) is 19.2. The number of para-hydroxylation sites is 1. The van der Waals surface area contributed by atoms with E-state index in [4.69, 9.17) is 14.3 Å². The molecule has 196 valence electrons. The largest absolute Gasteiger partial charge is 0.371 e. The van der Waals surface area contributed by atoms with Gasteiger partial charge in [-0.3, -0.25) is 0 Å². The monoisotopic (exact) mass is 540 g/mol. The molecule has 0 unspecified atom stereocenters. The summed E-state index contributed by atoms with van der Waals surface area (Å²) in [4.78, 5) is 21.5. The first-order valence-corrected chi connectivity index (χ1v) is 13.6. The molecule has 10 nitrogen and oxygen atoms in total. The lowest BCUT2D eigenvalue weighted by atomic mass is 10.0. The summed E-state index contributed by atoms with van der Waals surface area (Å²) < 4.78 is 11.7. The Morgan fingerprint density at radius 2 is 1.46 bits per heavy atom. The molecule has 0 aliphatic carbocycles. The maximum absolute atomic E-state index is 12.6. The van der Waals surface area contributed by atoms with Crippen LogP contribution < -0.4 is 9.74 Å². The fourth-order valence-corrected chi connectivity index (χ4v) is 5.81. The van der Waals surface area contributed by atoms with E-state index in [1.54, 1.807) is 24.3 Å². The third-order valence-electron chi connectivity index (χ3n) is 7.10. The van der Waals surface area contributed by atoms with Crippen LogP contribution in [-0.2, 0) is 9.47 Å². The molecule has 3 aromatic carbocycles. The Hall–Kier alpha value is -4.19. The SMILES string of the molecule is O=C(On1nnc2ccccc21)c1ccc(-c2nnc(-c3ccc(N4CCC5(CC4)OCCO5)cc3)s2)cc1. The van der Waals surface area contributed by atoms with Gasteiger partial charge in [-0.15, -0.1) is 15.3 Å². The van der Waals surface area contributed by atoms with Crippen molar-refractivity contribution in [3.63, 3.8) is 0 Å². The molecule has 0 bridgehead atoms. The number of hydrogen-bond acceptors (Lipinski definition) is 10. The Morgan fingerprint density at radius 1 is 0.821 bits per heavy atom. The number of rotatable bonds is 5. The molecule has 0 radical (unpaired) electrons. The molecule has 2 aliphatic rings. The number of hydrogen-bond donors (Lipinski definition) is 0. The van der Waals surface area contributed by atoms with Crippen LogP contribution in [0.5, 0.6) is 0 Å². The van der Waals surface area contributed by atoms with E-state index in [2.05, 4.69) is 49.7 Å². The van der Waals surface area contributed by atoms with Gasteiger partial charge >= 0.3 is 5.97 Å². The highest BCUT2D eigenvalue weighted by atomic mass is 32.1. The van der Waals surface area contributed by atoms with E-state index in [0.717, 1.165) is 51.9 Å². The van der Waals surface area contributed by atoms with Gasteiger partial charge in [-0.05, 0) is 53.7 Å². The maximum Gasteiger partial charge on any atom is 0.365 e.